The van der Waals surface area contributed by atoms with Crippen LogP contribution in [0, 0.1) is 19.8 Å². The van der Waals surface area contributed by atoms with E-state index in [1.165, 1.54) is 69.3 Å². The number of hydrogen-bond donors (Lipinski definition) is 0. The second-order valence-corrected chi connectivity index (χ2v) is 29.1. The van der Waals surface area contributed by atoms with Gasteiger partial charge in [0, 0.05) is 0 Å². The Morgan fingerprint density at radius 2 is 1.56 bits per heavy atom. The summed E-state index contributed by atoms with van der Waals surface area (Å²) in [5, 5.41) is 3.01. The Labute approximate surface area is 260 Å². The van der Waals surface area contributed by atoms with Gasteiger partial charge in [0.2, 0.25) is 0 Å². The summed E-state index contributed by atoms with van der Waals surface area (Å²) in [5.41, 5.74) is 13.5. The number of fused-ring (bicyclic) bond motifs is 4. The van der Waals surface area contributed by atoms with Crippen molar-refractivity contribution in [3.63, 3.8) is 0 Å². The molecule has 0 N–H and O–H groups in total. The van der Waals surface area contributed by atoms with Crippen LogP contribution in [0.15, 0.2) is 78.4 Å². The van der Waals surface area contributed by atoms with Gasteiger partial charge in [-0.2, -0.15) is 0 Å². The molecule has 41 heavy (non-hydrogen) atoms. The van der Waals surface area contributed by atoms with E-state index in [0.29, 0.717) is 5.92 Å². The Kier molecular flexibility index (Phi) is 7.73. The molecule has 2 unspecified atom stereocenters. The molecule has 1 heterocycles. The third-order valence-corrected chi connectivity index (χ3v) is 23.6. The van der Waals surface area contributed by atoms with Crippen LogP contribution in [0.2, 0.25) is 0 Å². The molecular formula is C37H40Cl2SiZr. The fourth-order valence-corrected chi connectivity index (χ4v) is 24.1. The van der Waals surface area contributed by atoms with E-state index >= 15 is 0 Å². The molecule has 0 fully saturated rings. The molecule has 0 amide bonds. The second-order valence-electron chi connectivity index (χ2n) is 13.3. The first-order chi connectivity index (χ1) is 19.4. The first kappa shape index (κ1) is 29.4. The van der Waals surface area contributed by atoms with Crippen molar-refractivity contribution in [1.29, 1.82) is 0 Å². The van der Waals surface area contributed by atoms with Crippen molar-refractivity contribution in [2.24, 2.45) is 5.92 Å². The van der Waals surface area contributed by atoms with Gasteiger partial charge in [0.15, 0.2) is 0 Å². The summed E-state index contributed by atoms with van der Waals surface area (Å²) in [4.78, 5) is 0. The van der Waals surface area contributed by atoms with Crippen molar-refractivity contribution < 1.29 is 17.9 Å². The zero-order chi connectivity index (χ0) is 29.3. The Morgan fingerprint density at radius 1 is 0.878 bits per heavy atom. The molecule has 0 radical (unpaired) electrons. The quantitative estimate of drug-likeness (QED) is 0.164. The normalized spacial score (nSPS) is 17.3. The zero-order valence-electron chi connectivity index (χ0n) is 25.3. The Balaban J connectivity index is 1.60. The molecule has 0 saturated carbocycles. The summed E-state index contributed by atoms with van der Waals surface area (Å²) in [5.74, 6) is 0.414. The Morgan fingerprint density at radius 3 is 2.24 bits per heavy atom. The van der Waals surface area contributed by atoms with Gasteiger partial charge in [-0.15, -0.1) is 0 Å². The Hall–Kier alpha value is -1.70. The van der Waals surface area contributed by atoms with E-state index in [1.54, 1.807) is 0 Å². The van der Waals surface area contributed by atoms with Gasteiger partial charge in [-0.3, -0.25) is 0 Å². The number of benzene rings is 4. The van der Waals surface area contributed by atoms with Crippen LogP contribution in [0.3, 0.4) is 0 Å². The van der Waals surface area contributed by atoms with E-state index in [4.69, 9.17) is 17.0 Å². The predicted octanol–water partition coefficient (Wildman–Crippen LogP) is 8.64. The van der Waals surface area contributed by atoms with Crippen LogP contribution in [-0.2, 0) is 23.3 Å². The van der Waals surface area contributed by atoms with Crippen molar-refractivity contribution >= 4 is 46.3 Å². The van der Waals surface area contributed by atoms with E-state index in [9.17, 15) is 0 Å². The molecule has 1 aliphatic carbocycles. The van der Waals surface area contributed by atoms with Gasteiger partial charge in [-0.1, -0.05) is 0 Å². The van der Waals surface area contributed by atoms with Crippen LogP contribution >= 0.6 is 17.0 Å². The SMILES string of the molecule is CCC(C)C1=Cc2c(ccc(C(C)(C)C)c2-c2cc(C)cc(C)c2)[CH]1[Zr]([Cl])([Cl])[c]1cccc2c1[SiH2]c1ccccc1-2. The molecule has 4 aromatic carbocycles. The maximum absolute atomic E-state index is 7.95. The van der Waals surface area contributed by atoms with Crippen molar-refractivity contribution in [3.05, 3.63) is 106 Å². The minimum atomic E-state index is -4.03. The van der Waals surface area contributed by atoms with E-state index in [1.807, 2.05) is 0 Å². The molecule has 0 bridgehead atoms. The average molecular weight is 675 g/mol. The van der Waals surface area contributed by atoms with Crippen LogP contribution in [0.25, 0.3) is 28.3 Å². The van der Waals surface area contributed by atoms with Crippen LogP contribution in [0.4, 0.5) is 0 Å². The predicted molar refractivity (Wildman–Crippen MR) is 181 cm³/mol. The van der Waals surface area contributed by atoms with E-state index < -0.39 is 27.4 Å². The fraction of sp³-hybridized carbons (Fsp3) is 0.297. The third kappa shape index (κ3) is 5.02. The van der Waals surface area contributed by atoms with Crippen molar-refractivity contribution in [3.8, 4) is 22.3 Å². The summed E-state index contributed by atoms with van der Waals surface area (Å²) in [6, 6.07) is 27.4. The molecule has 2 aliphatic rings. The van der Waals surface area contributed by atoms with Gasteiger partial charge in [-0.05, 0) is 0 Å². The van der Waals surface area contributed by atoms with Crippen LogP contribution in [0.5, 0.6) is 0 Å². The first-order valence-corrected chi connectivity index (χ1v) is 25.4. The number of allylic oxidation sites excluding steroid dienone is 1. The first-order valence-electron chi connectivity index (χ1n) is 15.0. The molecule has 4 aromatic rings. The van der Waals surface area contributed by atoms with Gasteiger partial charge in [0.05, 0.1) is 0 Å². The minimum absolute atomic E-state index is 0.00437. The zero-order valence-corrected chi connectivity index (χ0v) is 30.7. The maximum atomic E-state index is 7.95. The van der Waals surface area contributed by atoms with Crippen LogP contribution in [-0.4, -0.2) is 9.52 Å². The molecule has 210 valence electrons. The molecule has 0 aromatic heterocycles. The monoisotopic (exact) mass is 672 g/mol. The number of aryl methyl sites for hydroxylation is 2. The molecule has 0 saturated heterocycles. The summed E-state index contributed by atoms with van der Waals surface area (Å²) < 4.78 is 1.41. The van der Waals surface area contributed by atoms with Gasteiger partial charge in [0.1, 0.15) is 0 Å². The summed E-state index contributed by atoms with van der Waals surface area (Å²) in [6.07, 6.45) is 3.58. The van der Waals surface area contributed by atoms with Crippen molar-refractivity contribution in [2.45, 2.75) is 63.9 Å². The summed E-state index contributed by atoms with van der Waals surface area (Å²) >= 11 is -4.03. The van der Waals surface area contributed by atoms with E-state index in [2.05, 4.69) is 127 Å². The van der Waals surface area contributed by atoms with Crippen LogP contribution < -0.4 is 13.6 Å². The summed E-state index contributed by atoms with van der Waals surface area (Å²) in [7, 11) is 15.3. The van der Waals surface area contributed by atoms with Crippen molar-refractivity contribution in [1.82, 2.24) is 0 Å². The number of hydrogen-bond acceptors (Lipinski definition) is 0. The van der Waals surface area contributed by atoms with Crippen LogP contribution in [0.1, 0.15) is 72.5 Å². The standard InChI is InChI=1S/C25H31.C12H9Si.2ClH.Zr/c1-8-18(4)20-14-19-9-10-23(25(5,6)7)24(22(19)15-20)21-12-16(2)11-17(3)13-21;1-3-7-11-9(5-1)10-6-2-4-8-12(10)13-11;;;/h9-15,18H,8H2,1-7H3;1-7H,13H2;2*1H;/q;;;;+2/p-2. The molecule has 4 heteroatoms. The molecule has 1 aliphatic heterocycles. The molecule has 2 atom stereocenters. The fourth-order valence-electron chi connectivity index (χ4n) is 7.22. The number of rotatable bonds is 5. The average Bonchev–Trinajstić information content (AvgIpc) is 3.50. The molecule has 0 nitrogen and oxygen atoms in total. The van der Waals surface area contributed by atoms with Crippen molar-refractivity contribution in [2.75, 3.05) is 0 Å². The molecular weight excluding hydrogens is 635 g/mol. The number of halogens is 2. The summed E-state index contributed by atoms with van der Waals surface area (Å²) in [6.45, 7) is 16.0. The van der Waals surface area contributed by atoms with Gasteiger partial charge in [-0.25, -0.2) is 0 Å². The molecule has 6 rings (SSSR count). The second kappa shape index (κ2) is 10.8. The Bertz CT molecular complexity index is 1690. The topological polar surface area (TPSA) is 0 Å². The van der Waals surface area contributed by atoms with Gasteiger partial charge >= 0.3 is 262 Å². The van der Waals surface area contributed by atoms with E-state index in [-0.39, 0.29) is 9.04 Å². The van der Waals surface area contributed by atoms with Gasteiger partial charge < -0.3 is 0 Å². The van der Waals surface area contributed by atoms with Gasteiger partial charge in [0.25, 0.3) is 0 Å². The third-order valence-electron chi connectivity index (χ3n) is 9.31. The molecule has 0 spiro atoms. The van der Waals surface area contributed by atoms with E-state index in [0.717, 1.165) is 6.42 Å².